The average molecular weight is 303 g/mol. The van der Waals surface area contributed by atoms with Crippen molar-refractivity contribution in [2.45, 2.75) is 38.3 Å². The van der Waals surface area contributed by atoms with Crippen LogP contribution >= 0.6 is 0 Å². The number of amides is 2. The zero-order chi connectivity index (χ0) is 16.4. The molecule has 7 N–H and O–H groups in total. The van der Waals surface area contributed by atoms with Gasteiger partial charge < -0.3 is 21.9 Å². The monoisotopic (exact) mass is 303 g/mol. The summed E-state index contributed by atoms with van der Waals surface area (Å²) in [7, 11) is 1.44. The van der Waals surface area contributed by atoms with Crippen molar-refractivity contribution < 1.29 is 19.5 Å². The number of rotatable bonds is 10. The Bertz CT molecular complexity index is 364. The minimum Gasteiger partial charge on any atom is -0.480 e. The largest absolute Gasteiger partial charge is 0.480 e. The van der Waals surface area contributed by atoms with Crippen LogP contribution in [0.25, 0.3) is 0 Å². The highest BCUT2D eigenvalue weighted by Gasteiger charge is 2.19. The van der Waals surface area contributed by atoms with Crippen LogP contribution in [0.4, 0.5) is 0 Å². The number of hydrogen-bond donors (Lipinski definition) is 5. The molecule has 122 valence electrons. The van der Waals surface area contributed by atoms with Crippen molar-refractivity contribution >= 4 is 17.8 Å². The highest BCUT2D eigenvalue weighted by molar-refractivity contribution is 5.83. The van der Waals surface area contributed by atoms with E-state index in [4.69, 9.17) is 16.6 Å². The number of carbonyl (C=O) groups excluding carboxylic acids is 2. The standard InChI is InChI=1S/C12H25N5O4/c1-3-9(14)12(21)15-8(4-5-13)6-10(18)16-17(2)7-11(19)20/h8-9H,3-7,13-14H2,1-2H3,(H,15,21)(H,16,18)(H,19,20)/t8-,9-/m0/s1. The number of carboxylic acid groups (broad SMARTS) is 1. The fourth-order valence-corrected chi connectivity index (χ4v) is 1.64. The van der Waals surface area contributed by atoms with E-state index in [0.29, 0.717) is 19.4 Å². The summed E-state index contributed by atoms with van der Waals surface area (Å²) in [5.74, 6) is -1.79. The Morgan fingerprint density at radius 1 is 1.33 bits per heavy atom. The Labute approximate surface area is 124 Å². The van der Waals surface area contributed by atoms with E-state index in [1.165, 1.54) is 7.05 Å². The number of carbonyl (C=O) groups is 3. The zero-order valence-corrected chi connectivity index (χ0v) is 12.5. The average Bonchev–Trinajstić information content (AvgIpc) is 2.36. The molecule has 0 heterocycles. The maximum Gasteiger partial charge on any atom is 0.319 e. The number of likely N-dealkylation sites (N-methyl/N-ethyl adjacent to an activating group) is 1. The maximum atomic E-state index is 11.8. The minimum atomic E-state index is -1.06. The van der Waals surface area contributed by atoms with Gasteiger partial charge in [-0.1, -0.05) is 6.92 Å². The second kappa shape index (κ2) is 10.1. The Balaban J connectivity index is 4.38. The van der Waals surface area contributed by atoms with Gasteiger partial charge in [0, 0.05) is 19.5 Å². The molecular weight excluding hydrogens is 278 g/mol. The summed E-state index contributed by atoms with van der Waals surface area (Å²) in [6, 6.07) is -1.05. The van der Waals surface area contributed by atoms with E-state index >= 15 is 0 Å². The van der Waals surface area contributed by atoms with Gasteiger partial charge in [0.25, 0.3) is 0 Å². The van der Waals surface area contributed by atoms with Gasteiger partial charge in [0.2, 0.25) is 11.8 Å². The third kappa shape index (κ3) is 8.95. The fourth-order valence-electron chi connectivity index (χ4n) is 1.64. The SMILES string of the molecule is CC[C@H](N)C(=O)N[C@@H](CCN)CC(=O)NN(C)CC(=O)O. The summed E-state index contributed by atoms with van der Waals surface area (Å²) in [6.45, 7) is 1.78. The normalized spacial score (nSPS) is 13.6. The summed E-state index contributed by atoms with van der Waals surface area (Å²) >= 11 is 0. The van der Waals surface area contributed by atoms with Gasteiger partial charge in [-0.25, -0.2) is 5.01 Å². The van der Waals surface area contributed by atoms with Crippen molar-refractivity contribution in [3.63, 3.8) is 0 Å². The van der Waals surface area contributed by atoms with Crippen LogP contribution in [0.1, 0.15) is 26.2 Å². The second-order valence-corrected chi connectivity index (χ2v) is 4.79. The molecule has 0 aromatic carbocycles. The molecule has 2 atom stereocenters. The molecule has 21 heavy (non-hydrogen) atoms. The Hall–Kier alpha value is -1.71. The fraction of sp³-hybridized carbons (Fsp3) is 0.750. The maximum absolute atomic E-state index is 11.8. The van der Waals surface area contributed by atoms with Crippen molar-refractivity contribution in [3.8, 4) is 0 Å². The topological polar surface area (TPSA) is 151 Å². The number of nitrogens with zero attached hydrogens (tertiary/aromatic N) is 1. The number of aliphatic carboxylic acids is 1. The van der Waals surface area contributed by atoms with Crippen LogP contribution in [-0.4, -0.2) is 60.1 Å². The Morgan fingerprint density at radius 2 is 1.95 bits per heavy atom. The molecule has 0 aliphatic heterocycles. The number of hydrazine groups is 1. The van der Waals surface area contributed by atoms with Gasteiger partial charge in [-0.15, -0.1) is 0 Å². The van der Waals surface area contributed by atoms with Gasteiger partial charge in [0.1, 0.15) is 6.54 Å². The highest BCUT2D eigenvalue weighted by atomic mass is 16.4. The molecular formula is C12H25N5O4. The predicted octanol–water partition coefficient (Wildman–Crippen LogP) is -2.00. The van der Waals surface area contributed by atoms with Crippen LogP contribution in [0, 0.1) is 0 Å². The van der Waals surface area contributed by atoms with Crippen molar-refractivity contribution in [3.05, 3.63) is 0 Å². The summed E-state index contributed by atoms with van der Waals surface area (Å²) in [6.07, 6.45) is 0.927. The van der Waals surface area contributed by atoms with E-state index in [-0.39, 0.29) is 18.9 Å². The van der Waals surface area contributed by atoms with Crippen molar-refractivity contribution in [2.24, 2.45) is 11.5 Å². The molecule has 0 aromatic heterocycles. The minimum absolute atomic E-state index is 0.00331. The summed E-state index contributed by atoms with van der Waals surface area (Å²) in [4.78, 5) is 34.0. The van der Waals surface area contributed by atoms with E-state index < -0.39 is 24.0 Å². The first kappa shape index (κ1) is 19.3. The zero-order valence-electron chi connectivity index (χ0n) is 12.5. The van der Waals surface area contributed by atoms with Crippen LogP contribution < -0.4 is 22.2 Å². The van der Waals surface area contributed by atoms with Crippen LogP contribution in [0.2, 0.25) is 0 Å². The van der Waals surface area contributed by atoms with E-state index in [1.54, 1.807) is 6.92 Å². The number of nitrogens with one attached hydrogen (secondary N) is 2. The quantitative estimate of drug-likeness (QED) is 0.293. The van der Waals surface area contributed by atoms with Crippen LogP contribution in [0.5, 0.6) is 0 Å². The summed E-state index contributed by atoms with van der Waals surface area (Å²) in [5.41, 5.74) is 13.5. The molecule has 0 saturated carbocycles. The summed E-state index contributed by atoms with van der Waals surface area (Å²) < 4.78 is 0. The van der Waals surface area contributed by atoms with E-state index in [0.717, 1.165) is 5.01 Å². The first-order chi connectivity index (χ1) is 9.79. The second-order valence-electron chi connectivity index (χ2n) is 4.79. The van der Waals surface area contributed by atoms with Gasteiger partial charge in [-0.3, -0.25) is 19.8 Å². The third-order valence-electron chi connectivity index (χ3n) is 2.76. The van der Waals surface area contributed by atoms with E-state index in [1.807, 2.05) is 0 Å². The van der Waals surface area contributed by atoms with Gasteiger partial charge in [-0.05, 0) is 19.4 Å². The molecule has 0 aliphatic carbocycles. The highest BCUT2D eigenvalue weighted by Crippen LogP contribution is 1.99. The molecule has 0 saturated heterocycles. The smallest absolute Gasteiger partial charge is 0.319 e. The van der Waals surface area contributed by atoms with Crippen LogP contribution in [0.3, 0.4) is 0 Å². The lowest BCUT2D eigenvalue weighted by atomic mass is 10.1. The first-order valence-corrected chi connectivity index (χ1v) is 6.78. The molecule has 0 aliphatic rings. The van der Waals surface area contributed by atoms with Gasteiger partial charge >= 0.3 is 5.97 Å². The molecule has 0 spiro atoms. The molecule has 9 heteroatoms. The Kier molecular flexibility index (Phi) is 9.26. The lowest BCUT2D eigenvalue weighted by Gasteiger charge is -2.21. The molecule has 0 unspecified atom stereocenters. The lowest BCUT2D eigenvalue weighted by Crippen LogP contribution is -2.49. The molecule has 0 radical (unpaired) electrons. The predicted molar refractivity (Wildman–Crippen MR) is 76.9 cm³/mol. The molecule has 2 amide bonds. The van der Waals surface area contributed by atoms with E-state index in [9.17, 15) is 14.4 Å². The summed E-state index contributed by atoms with van der Waals surface area (Å²) in [5, 5.41) is 12.4. The molecule has 9 nitrogen and oxygen atoms in total. The van der Waals surface area contributed by atoms with Gasteiger partial charge in [0.05, 0.1) is 6.04 Å². The number of nitrogens with two attached hydrogens (primary N) is 2. The third-order valence-corrected chi connectivity index (χ3v) is 2.76. The van der Waals surface area contributed by atoms with Crippen molar-refractivity contribution in [1.29, 1.82) is 0 Å². The molecule has 0 fully saturated rings. The van der Waals surface area contributed by atoms with Gasteiger partial charge in [0.15, 0.2) is 0 Å². The number of carboxylic acids is 1. The lowest BCUT2D eigenvalue weighted by molar-refractivity contribution is -0.139. The number of hydrogen-bond acceptors (Lipinski definition) is 6. The van der Waals surface area contributed by atoms with Crippen LogP contribution in [0.15, 0.2) is 0 Å². The first-order valence-electron chi connectivity index (χ1n) is 6.78. The molecule has 0 bridgehead atoms. The Morgan fingerprint density at radius 3 is 2.43 bits per heavy atom. The molecule has 0 rings (SSSR count). The van der Waals surface area contributed by atoms with E-state index in [2.05, 4.69) is 10.7 Å². The van der Waals surface area contributed by atoms with Gasteiger partial charge in [-0.2, -0.15) is 0 Å². The molecule has 0 aromatic rings. The van der Waals surface area contributed by atoms with Crippen molar-refractivity contribution in [2.75, 3.05) is 20.1 Å². The van der Waals surface area contributed by atoms with Crippen LogP contribution in [-0.2, 0) is 14.4 Å². The van der Waals surface area contributed by atoms with Crippen molar-refractivity contribution in [1.82, 2.24) is 15.8 Å².